The highest BCUT2D eigenvalue weighted by atomic mass is 32.1. The van der Waals surface area contributed by atoms with E-state index in [0.717, 1.165) is 12.1 Å². The molecule has 2 amide bonds. The summed E-state index contributed by atoms with van der Waals surface area (Å²) in [7, 11) is 0. The minimum Gasteiger partial charge on any atom is -0.487 e. The molecule has 0 radical (unpaired) electrons. The van der Waals surface area contributed by atoms with Crippen LogP contribution in [0.15, 0.2) is 35.8 Å². The minimum absolute atomic E-state index is 0.327. The van der Waals surface area contributed by atoms with Crippen molar-refractivity contribution in [3.63, 3.8) is 0 Å². The molecule has 0 saturated carbocycles. The van der Waals surface area contributed by atoms with E-state index in [2.05, 4.69) is 31.0 Å². The molecule has 1 aromatic carbocycles. The molecular formula is C15H16N6O2S. The second-order valence-electron chi connectivity index (χ2n) is 4.85. The van der Waals surface area contributed by atoms with E-state index in [0.29, 0.717) is 28.9 Å². The SMILES string of the molecule is CCc1csc(NC(=O)Nc2ccc(OCc3c[nH]nn3)cc2)n1. The van der Waals surface area contributed by atoms with Gasteiger partial charge >= 0.3 is 6.03 Å². The summed E-state index contributed by atoms with van der Waals surface area (Å²) in [5.74, 6) is 0.677. The third-order valence-corrected chi connectivity index (χ3v) is 3.91. The van der Waals surface area contributed by atoms with Crippen LogP contribution in [0.5, 0.6) is 5.75 Å². The van der Waals surface area contributed by atoms with Crippen molar-refractivity contribution in [3.8, 4) is 5.75 Å². The summed E-state index contributed by atoms with van der Waals surface area (Å²) in [6.45, 7) is 2.35. The van der Waals surface area contributed by atoms with Crippen LogP contribution in [-0.2, 0) is 13.0 Å². The lowest BCUT2D eigenvalue weighted by molar-refractivity contribution is 0.262. The Kier molecular flexibility index (Phi) is 5.02. The molecule has 3 rings (SSSR count). The number of carbonyl (C=O) groups is 1. The third-order valence-electron chi connectivity index (χ3n) is 3.10. The summed E-state index contributed by atoms with van der Waals surface area (Å²) in [6, 6.07) is 6.74. The van der Waals surface area contributed by atoms with Gasteiger partial charge in [-0.25, -0.2) is 9.78 Å². The van der Waals surface area contributed by atoms with E-state index in [1.807, 2.05) is 12.3 Å². The maximum atomic E-state index is 11.9. The zero-order valence-electron chi connectivity index (χ0n) is 12.9. The second-order valence-corrected chi connectivity index (χ2v) is 5.71. The predicted molar refractivity (Wildman–Crippen MR) is 91.3 cm³/mol. The van der Waals surface area contributed by atoms with Gasteiger partial charge in [0, 0.05) is 17.3 Å². The number of benzene rings is 1. The molecular weight excluding hydrogens is 328 g/mol. The Balaban J connectivity index is 1.50. The highest BCUT2D eigenvalue weighted by molar-refractivity contribution is 7.13. The first-order chi connectivity index (χ1) is 11.7. The summed E-state index contributed by atoms with van der Waals surface area (Å²) >= 11 is 1.40. The number of rotatable bonds is 6. The average molecular weight is 344 g/mol. The van der Waals surface area contributed by atoms with Crippen molar-refractivity contribution in [2.24, 2.45) is 0 Å². The number of nitrogens with zero attached hydrogens (tertiary/aromatic N) is 3. The van der Waals surface area contributed by atoms with E-state index in [-0.39, 0.29) is 6.03 Å². The number of aromatic nitrogens is 4. The second kappa shape index (κ2) is 7.55. The Morgan fingerprint density at radius 1 is 1.25 bits per heavy atom. The Morgan fingerprint density at radius 2 is 2.08 bits per heavy atom. The zero-order valence-corrected chi connectivity index (χ0v) is 13.8. The first kappa shape index (κ1) is 15.9. The Hall–Kier alpha value is -2.94. The number of aromatic amines is 1. The van der Waals surface area contributed by atoms with Crippen molar-refractivity contribution in [1.29, 1.82) is 0 Å². The first-order valence-corrected chi connectivity index (χ1v) is 8.21. The summed E-state index contributed by atoms with van der Waals surface area (Å²) in [5.41, 5.74) is 2.34. The smallest absolute Gasteiger partial charge is 0.325 e. The van der Waals surface area contributed by atoms with Gasteiger partial charge in [-0.1, -0.05) is 12.1 Å². The third kappa shape index (κ3) is 4.29. The summed E-state index contributed by atoms with van der Waals surface area (Å²) in [6.07, 6.45) is 2.51. The van der Waals surface area contributed by atoms with E-state index in [1.54, 1.807) is 30.5 Å². The first-order valence-electron chi connectivity index (χ1n) is 7.33. The van der Waals surface area contributed by atoms with Crippen LogP contribution in [0.4, 0.5) is 15.6 Å². The topological polar surface area (TPSA) is 105 Å². The fourth-order valence-electron chi connectivity index (χ4n) is 1.87. The zero-order chi connectivity index (χ0) is 16.8. The van der Waals surface area contributed by atoms with E-state index < -0.39 is 0 Å². The molecule has 0 unspecified atom stereocenters. The fourth-order valence-corrected chi connectivity index (χ4v) is 2.66. The lowest BCUT2D eigenvalue weighted by Gasteiger charge is -2.07. The molecule has 0 spiro atoms. The highest BCUT2D eigenvalue weighted by Crippen LogP contribution is 2.18. The van der Waals surface area contributed by atoms with Crippen LogP contribution in [-0.4, -0.2) is 26.4 Å². The van der Waals surface area contributed by atoms with Gasteiger partial charge in [0.05, 0.1) is 5.69 Å². The molecule has 8 nitrogen and oxygen atoms in total. The molecule has 2 aromatic heterocycles. The Morgan fingerprint density at radius 3 is 2.75 bits per heavy atom. The van der Waals surface area contributed by atoms with Crippen molar-refractivity contribution in [2.75, 3.05) is 10.6 Å². The van der Waals surface area contributed by atoms with Crippen LogP contribution in [0.1, 0.15) is 18.3 Å². The van der Waals surface area contributed by atoms with Gasteiger partial charge in [-0.15, -0.1) is 16.4 Å². The van der Waals surface area contributed by atoms with Gasteiger partial charge in [-0.05, 0) is 30.7 Å². The maximum Gasteiger partial charge on any atom is 0.325 e. The molecule has 9 heteroatoms. The van der Waals surface area contributed by atoms with E-state index >= 15 is 0 Å². The minimum atomic E-state index is -0.330. The molecule has 2 heterocycles. The molecule has 3 N–H and O–H groups in total. The van der Waals surface area contributed by atoms with Crippen LogP contribution in [0.25, 0.3) is 0 Å². The Bertz CT molecular complexity index is 785. The van der Waals surface area contributed by atoms with Crippen molar-refractivity contribution < 1.29 is 9.53 Å². The molecule has 0 bridgehead atoms. The number of aryl methyl sites for hydroxylation is 1. The molecule has 0 aliphatic heterocycles. The summed E-state index contributed by atoms with van der Waals surface area (Å²) < 4.78 is 5.56. The molecule has 24 heavy (non-hydrogen) atoms. The number of H-pyrrole nitrogens is 1. The molecule has 0 atom stereocenters. The predicted octanol–water partition coefficient (Wildman–Crippen LogP) is 3.05. The van der Waals surface area contributed by atoms with Crippen molar-refractivity contribution in [2.45, 2.75) is 20.0 Å². The summed E-state index contributed by atoms with van der Waals surface area (Å²) in [5, 5.41) is 18.0. The van der Waals surface area contributed by atoms with E-state index in [4.69, 9.17) is 4.74 Å². The number of hydrogen-bond acceptors (Lipinski definition) is 6. The normalized spacial score (nSPS) is 10.4. The van der Waals surface area contributed by atoms with Gasteiger partial charge in [0.25, 0.3) is 0 Å². The van der Waals surface area contributed by atoms with Gasteiger partial charge in [0.2, 0.25) is 0 Å². The molecule has 0 saturated heterocycles. The number of amides is 2. The molecule has 0 fully saturated rings. The lowest BCUT2D eigenvalue weighted by Crippen LogP contribution is -2.19. The number of urea groups is 1. The highest BCUT2D eigenvalue weighted by Gasteiger charge is 2.06. The number of ether oxygens (including phenoxy) is 1. The molecule has 0 aliphatic rings. The number of nitrogens with one attached hydrogen (secondary N) is 3. The molecule has 3 aromatic rings. The number of thiazole rings is 1. The number of hydrogen-bond donors (Lipinski definition) is 3. The van der Waals surface area contributed by atoms with Gasteiger partial charge in [-0.3, -0.25) is 10.4 Å². The van der Waals surface area contributed by atoms with Crippen molar-refractivity contribution in [1.82, 2.24) is 20.4 Å². The van der Waals surface area contributed by atoms with Crippen LogP contribution < -0.4 is 15.4 Å². The fraction of sp³-hybridized carbons (Fsp3) is 0.200. The van der Waals surface area contributed by atoms with Gasteiger partial charge < -0.3 is 10.1 Å². The summed E-state index contributed by atoms with van der Waals surface area (Å²) in [4.78, 5) is 16.2. The standard InChI is InChI=1S/C15H16N6O2S/c1-2-10-9-24-15(18-10)19-14(22)17-11-3-5-13(6-4-11)23-8-12-7-16-21-20-12/h3-7,9H,2,8H2,1H3,(H,16,20,21)(H2,17,18,19,22). The van der Waals surface area contributed by atoms with Gasteiger partial charge in [0.1, 0.15) is 18.1 Å². The van der Waals surface area contributed by atoms with Crippen LogP contribution in [0, 0.1) is 0 Å². The van der Waals surface area contributed by atoms with Crippen molar-refractivity contribution >= 4 is 28.2 Å². The van der Waals surface area contributed by atoms with Crippen LogP contribution >= 0.6 is 11.3 Å². The Labute approximate surface area is 142 Å². The van der Waals surface area contributed by atoms with Gasteiger partial charge in [-0.2, -0.15) is 0 Å². The lowest BCUT2D eigenvalue weighted by atomic mass is 10.3. The van der Waals surface area contributed by atoms with Gasteiger partial charge in [0.15, 0.2) is 5.13 Å². The van der Waals surface area contributed by atoms with Crippen LogP contribution in [0.3, 0.4) is 0 Å². The maximum absolute atomic E-state index is 11.9. The van der Waals surface area contributed by atoms with E-state index in [9.17, 15) is 4.79 Å². The largest absolute Gasteiger partial charge is 0.487 e. The monoisotopic (exact) mass is 344 g/mol. The van der Waals surface area contributed by atoms with Crippen LogP contribution in [0.2, 0.25) is 0 Å². The average Bonchev–Trinajstić information content (AvgIpc) is 3.25. The number of carbonyl (C=O) groups excluding carboxylic acids is 1. The van der Waals surface area contributed by atoms with Crippen molar-refractivity contribution in [3.05, 3.63) is 47.2 Å². The number of anilines is 2. The molecule has 0 aliphatic carbocycles. The quantitative estimate of drug-likeness (QED) is 0.637. The molecule has 124 valence electrons. The van der Waals surface area contributed by atoms with E-state index in [1.165, 1.54) is 11.3 Å².